The van der Waals surface area contributed by atoms with Crippen molar-refractivity contribution in [3.8, 4) is 0 Å². The molecule has 0 aliphatic carbocycles. The molecule has 1 aromatic heterocycles. The number of nitrogens with two attached hydrogens (primary N) is 1. The van der Waals surface area contributed by atoms with Gasteiger partial charge in [-0.2, -0.15) is 0 Å². The summed E-state index contributed by atoms with van der Waals surface area (Å²) in [4.78, 5) is 0. The average Bonchev–Trinajstić information content (AvgIpc) is 2.34. The Morgan fingerprint density at radius 1 is 1.40 bits per heavy atom. The summed E-state index contributed by atoms with van der Waals surface area (Å²) in [6, 6.07) is 4.37. The van der Waals surface area contributed by atoms with E-state index >= 15 is 0 Å². The van der Waals surface area contributed by atoms with Crippen molar-refractivity contribution in [3.63, 3.8) is 0 Å². The van der Waals surface area contributed by atoms with E-state index in [1.807, 2.05) is 19.1 Å². The fourth-order valence-electron chi connectivity index (χ4n) is 0.872. The smallest absolute Gasteiger partial charge is 0.0234 e. The van der Waals surface area contributed by atoms with Crippen molar-refractivity contribution in [2.45, 2.75) is 25.9 Å². The summed E-state index contributed by atoms with van der Waals surface area (Å²) < 4.78 is 2.14. The molecule has 1 atom stereocenters. The quantitative estimate of drug-likeness (QED) is 0.669. The fraction of sp³-hybridized carbons (Fsp3) is 0.500. The molecule has 0 aliphatic rings. The van der Waals surface area contributed by atoms with E-state index in [1.165, 1.54) is 0 Å². The maximum absolute atomic E-state index is 5.60. The van der Waals surface area contributed by atoms with Gasteiger partial charge in [0.1, 0.15) is 0 Å². The number of hydrogen-bond donors (Lipinski definition) is 1. The van der Waals surface area contributed by atoms with Gasteiger partial charge in [-0.1, -0.05) is 0 Å². The van der Waals surface area contributed by atoms with E-state index in [1.54, 1.807) is 0 Å². The van der Waals surface area contributed by atoms with Crippen molar-refractivity contribution in [3.05, 3.63) is 24.5 Å². The zero-order chi connectivity index (χ0) is 7.40. The molecule has 0 spiro atoms. The Kier molecular flexibility index (Phi) is 2.51. The van der Waals surface area contributed by atoms with Crippen molar-refractivity contribution in [2.75, 3.05) is 0 Å². The first-order valence-electron chi connectivity index (χ1n) is 3.65. The highest BCUT2D eigenvalue weighted by Crippen LogP contribution is 1.94. The molecule has 0 radical (unpaired) electrons. The summed E-state index contributed by atoms with van der Waals surface area (Å²) >= 11 is 0. The molecule has 2 N–H and O–H groups in total. The van der Waals surface area contributed by atoms with Crippen molar-refractivity contribution < 1.29 is 0 Å². The number of nitrogens with zero attached hydrogens (tertiary/aromatic N) is 1. The first-order chi connectivity index (χ1) is 4.79. The Labute approximate surface area is 61.7 Å². The summed E-state index contributed by atoms with van der Waals surface area (Å²) in [6.07, 6.45) is 5.17. The van der Waals surface area contributed by atoms with Crippen LogP contribution >= 0.6 is 0 Å². The molecule has 2 heteroatoms. The third kappa shape index (κ3) is 2.23. The van der Waals surface area contributed by atoms with Crippen LogP contribution in [0.4, 0.5) is 0 Å². The molecule has 0 amide bonds. The molecular formula is C8H14N2. The van der Waals surface area contributed by atoms with Crippen LogP contribution in [0.2, 0.25) is 0 Å². The Balaban J connectivity index is 2.28. The van der Waals surface area contributed by atoms with Crippen molar-refractivity contribution in [2.24, 2.45) is 5.73 Å². The van der Waals surface area contributed by atoms with Gasteiger partial charge in [-0.05, 0) is 25.5 Å². The number of rotatable bonds is 3. The predicted molar refractivity (Wildman–Crippen MR) is 42.7 cm³/mol. The highest BCUT2D eigenvalue weighted by atomic mass is 14.9. The van der Waals surface area contributed by atoms with E-state index in [0.717, 1.165) is 13.0 Å². The van der Waals surface area contributed by atoms with Gasteiger partial charge >= 0.3 is 0 Å². The van der Waals surface area contributed by atoms with Gasteiger partial charge < -0.3 is 10.3 Å². The Morgan fingerprint density at radius 3 is 2.50 bits per heavy atom. The number of aromatic nitrogens is 1. The van der Waals surface area contributed by atoms with E-state index in [2.05, 4.69) is 17.0 Å². The van der Waals surface area contributed by atoms with E-state index in [0.29, 0.717) is 6.04 Å². The lowest BCUT2D eigenvalue weighted by molar-refractivity contribution is 0.572. The molecule has 0 saturated carbocycles. The molecule has 0 saturated heterocycles. The highest BCUT2D eigenvalue weighted by molar-refractivity contribution is 4.90. The van der Waals surface area contributed by atoms with Crippen LogP contribution in [0.3, 0.4) is 0 Å². The standard InChI is InChI=1S/C8H14N2/c1-8(9)4-7-10-5-2-3-6-10/h2-3,5-6,8H,4,7,9H2,1H3. The van der Waals surface area contributed by atoms with Crippen LogP contribution < -0.4 is 5.73 Å². The third-order valence-electron chi connectivity index (χ3n) is 1.51. The molecule has 1 aromatic rings. The lowest BCUT2D eigenvalue weighted by Crippen LogP contribution is -2.16. The largest absolute Gasteiger partial charge is 0.354 e. The predicted octanol–water partition coefficient (Wildman–Crippen LogP) is 1.23. The van der Waals surface area contributed by atoms with E-state index in [9.17, 15) is 0 Å². The first-order valence-corrected chi connectivity index (χ1v) is 3.65. The molecule has 1 heterocycles. The van der Waals surface area contributed by atoms with E-state index in [4.69, 9.17) is 5.73 Å². The van der Waals surface area contributed by atoms with Crippen LogP contribution in [0.1, 0.15) is 13.3 Å². The van der Waals surface area contributed by atoms with Crippen molar-refractivity contribution in [1.29, 1.82) is 0 Å². The lowest BCUT2D eigenvalue weighted by Gasteiger charge is -2.04. The molecule has 56 valence electrons. The van der Waals surface area contributed by atoms with Crippen molar-refractivity contribution in [1.82, 2.24) is 4.57 Å². The number of aryl methyl sites for hydroxylation is 1. The Morgan fingerprint density at radius 2 is 2.00 bits per heavy atom. The molecule has 0 bridgehead atoms. The third-order valence-corrected chi connectivity index (χ3v) is 1.51. The highest BCUT2D eigenvalue weighted by Gasteiger charge is 1.92. The van der Waals surface area contributed by atoms with Gasteiger partial charge in [0, 0.05) is 25.0 Å². The zero-order valence-corrected chi connectivity index (χ0v) is 6.33. The van der Waals surface area contributed by atoms with Gasteiger partial charge in [0.05, 0.1) is 0 Å². The fourth-order valence-corrected chi connectivity index (χ4v) is 0.872. The van der Waals surface area contributed by atoms with Crippen LogP contribution in [0, 0.1) is 0 Å². The van der Waals surface area contributed by atoms with Crippen LogP contribution in [0.5, 0.6) is 0 Å². The second-order valence-electron chi connectivity index (χ2n) is 2.69. The van der Waals surface area contributed by atoms with Crippen molar-refractivity contribution >= 4 is 0 Å². The Hall–Kier alpha value is -0.760. The van der Waals surface area contributed by atoms with Gasteiger partial charge in [-0.3, -0.25) is 0 Å². The van der Waals surface area contributed by atoms with Gasteiger partial charge in [-0.25, -0.2) is 0 Å². The van der Waals surface area contributed by atoms with Gasteiger partial charge in [0.2, 0.25) is 0 Å². The normalized spacial score (nSPS) is 13.4. The summed E-state index contributed by atoms with van der Waals surface area (Å²) in [5.41, 5.74) is 5.60. The molecule has 0 fully saturated rings. The van der Waals surface area contributed by atoms with Gasteiger partial charge in [-0.15, -0.1) is 0 Å². The van der Waals surface area contributed by atoms with Crippen LogP contribution in [0.15, 0.2) is 24.5 Å². The molecule has 2 nitrogen and oxygen atoms in total. The molecule has 1 rings (SSSR count). The maximum Gasteiger partial charge on any atom is 0.0234 e. The van der Waals surface area contributed by atoms with E-state index < -0.39 is 0 Å². The second kappa shape index (κ2) is 3.42. The van der Waals surface area contributed by atoms with Crippen LogP contribution in [-0.2, 0) is 6.54 Å². The first kappa shape index (κ1) is 7.35. The zero-order valence-electron chi connectivity index (χ0n) is 6.33. The van der Waals surface area contributed by atoms with Gasteiger partial charge in [0.25, 0.3) is 0 Å². The topological polar surface area (TPSA) is 30.9 Å². The maximum atomic E-state index is 5.60. The summed E-state index contributed by atoms with van der Waals surface area (Å²) in [6.45, 7) is 3.06. The second-order valence-corrected chi connectivity index (χ2v) is 2.69. The minimum atomic E-state index is 0.308. The minimum Gasteiger partial charge on any atom is -0.354 e. The van der Waals surface area contributed by atoms with Crippen LogP contribution in [-0.4, -0.2) is 10.6 Å². The molecule has 1 unspecified atom stereocenters. The minimum absolute atomic E-state index is 0.308. The summed E-state index contributed by atoms with van der Waals surface area (Å²) in [5, 5.41) is 0. The van der Waals surface area contributed by atoms with Gasteiger partial charge in [0.15, 0.2) is 0 Å². The SMILES string of the molecule is CC(N)CCn1cccc1. The lowest BCUT2D eigenvalue weighted by atomic mass is 10.2. The average molecular weight is 138 g/mol. The summed E-state index contributed by atoms with van der Waals surface area (Å²) in [7, 11) is 0. The number of hydrogen-bond acceptors (Lipinski definition) is 1. The molecular weight excluding hydrogens is 124 g/mol. The van der Waals surface area contributed by atoms with E-state index in [-0.39, 0.29) is 0 Å². The molecule has 10 heavy (non-hydrogen) atoms. The molecule has 0 aliphatic heterocycles. The van der Waals surface area contributed by atoms with Crippen LogP contribution in [0.25, 0.3) is 0 Å². The monoisotopic (exact) mass is 138 g/mol. The Bertz CT molecular complexity index is 165. The molecule has 0 aromatic carbocycles. The summed E-state index contributed by atoms with van der Waals surface area (Å²) in [5.74, 6) is 0.